The van der Waals surface area contributed by atoms with Crippen molar-refractivity contribution in [2.45, 2.75) is 6.92 Å². The van der Waals surface area contributed by atoms with E-state index in [2.05, 4.69) is 26.6 Å². The summed E-state index contributed by atoms with van der Waals surface area (Å²) < 4.78 is 14.1. The Balaban J connectivity index is 2.04. The normalized spacial score (nSPS) is 10.2. The molecule has 0 fully saturated rings. The molecule has 2 N–H and O–H groups in total. The number of hydrogen-bond acceptors (Lipinski definition) is 1. The van der Waals surface area contributed by atoms with Crippen LogP contribution in [-0.2, 0) is 0 Å². The van der Waals surface area contributed by atoms with Gasteiger partial charge in [-0.05, 0) is 61.1 Å². The van der Waals surface area contributed by atoms with E-state index < -0.39 is 5.82 Å². The Morgan fingerprint density at radius 2 is 1.75 bits per heavy atom. The monoisotopic (exact) mass is 372 g/mol. The Bertz CT molecular complexity index is 608. The zero-order chi connectivity index (χ0) is 14.7. The van der Waals surface area contributed by atoms with Gasteiger partial charge in [-0.1, -0.05) is 27.5 Å². The average molecular weight is 374 g/mol. The van der Waals surface area contributed by atoms with Crippen molar-refractivity contribution in [2.24, 2.45) is 0 Å². The van der Waals surface area contributed by atoms with Crippen LogP contribution in [0.15, 0.2) is 40.9 Å². The Morgan fingerprint density at radius 3 is 2.35 bits per heavy atom. The van der Waals surface area contributed by atoms with E-state index in [0.717, 1.165) is 15.7 Å². The molecule has 0 saturated heterocycles. The van der Waals surface area contributed by atoms with Crippen LogP contribution < -0.4 is 10.6 Å². The number of thiocarbonyl (C=S) groups is 1. The van der Waals surface area contributed by atoms with Crippen LogP contribution >= 0.6 is 39.7 Å². The summed E-state index contributed by atoms with van der Waals surface area (Å²) in [6, 6.07) is 10.2. The lowest BCUT2D eigenvalue weighted by Gasteiger charge is -2.12. The van der Waals surface area contributed by atoms with Gasteiger partial charge in [0, 0.05) is 15.8 Å². The van der Waals surface area contributed by atoms with E-state index in [1.54, 1.807) is 6.07 Å². The van der Waals surface area contributed by atoms with Gasteiger partial charge in [0.15, 0.2) is 5.11 Å². The van der Waals surface area contributed by atoms with Crippen molar-refractivity contribution in [2.75, 3.05) is 10.6 Å². The highest BCUT2D eigenvalue weighted by Crippen LogP contribution is 2.21. The van der Waals surface area contributed by atoms with Crippen LogP contribution in [0.2, 0.25) is 5.02 Å². The van der Waals surface area contributed by atoms with E-state index in [1.807, 2.05) is 25.1 Å². The molecule has 0 saturated carbocycles. The van der Waals surface area contributed by atoms with Crippen molar-refractivity contribution in [3.05, 3.63) is 57.3 Å². The van der Waals surface area contributed by atoms with Crippen molar-refractivity contribution < 1.29 is 4.39 Å². The summed E-state index contributed by atoms with van der Waals surface area (Å²) in [4.78, 5) is 0. The Kier molecular flexibility index (Phi) is 4.96. The van der Waals surface area contributed by atoms with Gasteiger partial charge >= 0.3 is 0 Å². The van der Waals surface area contributed by atoms with Gasteiger partial charge in [0.1, 0.15) is 5.82 Å². The first-order chi connectivity index (χ1) is 9.45. The van der Waals surface area contributed by atoms with Crippen LogP contribution in [0, 0.1) is 12.7 Å². The molecule has 2 rings (SSSR count). The fraction of sp³-hybridized carbons (Fsp3) is 0.0714. The maximum atomic E-state index is 13.1. The molecule has 0 aliphatic rings. The molecule has 0 spiro atoms. The second kappa shape index (κ2) is 6.52. The highest BCUT2D eigenvalue weighted by Gasteiger charge is 2.04. The maximum Gasteiger partial charge on any atom is 0.175 e. The molecule has 0 bridgehead atoms. The lowest BCUT2D eigenvalue weighted by molar-refractivity contribution is 0.628. The number of nitrogens with one attached hydrogen (secondary N) is 2. The molecule has 0 aromatic heterocycles. The fourth-order valence-corrected chi connectivity index (χ4v) is 2.25. The quantitative estimate of drug-likeness (QED) is 0.693. The predicted octanol–water partition coefficient (Wildman–Crippen LogP) is 5.36. The summed E-state index contributed by atoms with van der Waals surface area (Å²) in [7, 11) is 0. The zero-order valence-corrected chi connectivity index (χ0v) is 13.7. The molecule has 0 atom stereocenters. The average Bonchev–Trinajstić information content (AvgIpc) is 2.38. The molecular formula is C14H11BrClFN2S. The minimum atomic E-state index is -0.459. The second-order valence-electron chi connectivity index (χ2n) is 4.17. The topological polar surface area (TPSA) is 24.1 Å². The summed E-state index contributed by atoms with van der Waals surface area (Å²) in [5.41, 5.74) is 2.60. The van der Waals surface area contributed by atoms with Crippen LogP contribution in [0.25, 0.3) is 0 Å². The summed E-state index contributed by atoms with van der Waals surface area (Å²) in [6.07, 6.45) is 0. The van der Waals surface area contributed by atoms with Gasteiger partial charge in [0.2, 0.25) is 0 Å². The third-order valence-corrected chi connectivity index (χ3v) is 3.98. The van der Waals surface area contributed by atoms with E-state index in [9.17, 15) is 4.39 Å². The first-order valence-corrected chi connectivity index (χ1v) is 7.33. The smallest absolute Gasteiger partial charge is 0.175 e. The maximum absolute atomic E-state index is 13.1. The Hall–Kier alpha value is -1.17. The number of aryl methyl sites for hydroxylation is 1. The van der Waals surface area contributed by atoms with Crippen molar-refractivity contribution in [3.63, 3.8) is 0 Å². The molecule has 6 heteroatoms. The second-order valence-corrected chi connectivity index (χ2v) is 5.84. The van der Waals surface area contributed by atoms with Gasteiger partial charge in [0.25, 0.3) is 0 Å². The van der Waals surface area contributed by atoms with E-state index in [0.29, 0.717) is 10.8 Å². The highest BCUT2D eigenvalue weighted by atomic mass is 79.9. The van der Waals surface area contributed by atoms with E-state index in [-0.39, 0.29) is 5.02 Å². The minimum absolute atomic E-state index is 0.0530. The van der Waals surface area contributed by atoms with Gasteiger partial charge < -0.3 is 10.6 Å². The SMILES string of the molecule is Cc1cc(NC(=S)Nc2ccc(F)c(Cl)c2)ccc1Br. The van der Waals surface area contributed by atoms with Gasteiger partial charge in [-0.3, -0.25) is 0 Å². The van der Waals surface area contributed by atoms with Crippen LogP contribution in [0.5, 0.6) is 0 Å². The molecule has 2 aromatic carbocycles. The van der Waals surface area contributed by atoms with Gasteiger partial charge in [0.05, 0.1) is 5.02 Å². The van der Waals surface area contributed by atoms with Crippen LogP contribution in [0.1, 0.15) is 5.56 Å². The molecule has 20 heavy (non-hydrogen) atoms. The molecule has 0 unspecified atom stereocenters. The molecule has 2 nitrogen and oxygen atoms in total. The van der Waals surface area contributed by atoms with Crippen LogP contribution in [0.3, 0.4) is 0 Å². The molecule has 2 aromatic rings. The van der Waals surface area contributed by atoms with Crippen LogP contribution in [0.4, 0.5) is 15.8 Å². The highest BCUT2D eigenvalue weighted by molar-refractivity contribution is 9.10. The van der Waals surface area contributed by atoms with Crippen molar-refractivity contribution in [3.8, 4) is 0 Å². The fourth-order valence-electron chi connectivity index (χ4n) is 1.59. The van der Waals surface area contributed by atoms with Gasteiger partial charge in [-0.2, -0.15) is 0 Å². The largest absolute Gasteiger partial charge is 0.332 e. The molecule has 0 aliphatic heterocycles. The standard InChI is InChI=1S/C14H11BrClFN2S/c1-8-6-9(2-4-11(8)15)18-14(20)19-10-3-5-13(17)12(16)7-10/h2-7H,1H3,(H2,18,19,20). The number of anilines is 2. The zero-order valence-electron chi connectivity index (χ0n) is 10.5. The number of hydrogen-bond donors (Lipinski definition) is 2. The molecule has 0 amide bonds. The van der Waals surface area contributed by atoms with Gasteiger partial charge in [-0.25, -0.2) is 4.39 Å². The van der Waals surface area contributed by atoms with Crippen molar-refractivity contribution in [1.82, 2.24) is 0 Å². The third kappa shape index (κ3) is 3.91. The molecule has 0 heterocycles. The van der Waals surface area contributed by atoms with Crippen molar-refractivity contribution >= 4 is 56.2 Å². The van der Waals surface area contributed by atoms with E-state index in [4.69, 9.17) is 23.8 Å². The van der Waals surface area contributed by atoms with E-state index in [1.165, 1.54) is 12.1 Å². The summed E-state index contributed by atoms with van der Waals surface area (Å²) in [6.45, 7) is 1.99. The first kappa shape index (κ1) is 15.2. The Labute approximate surface area is 135 Å². The molecule has 104 valence electrons. The van der Waals surface area contributed by atoms with Gasteiger partial charge in [-0.15, -0.1) is 0 Å². The number of halogens is 3. The van der Waals surface area contributed by atoms with E-state index >= 15 is 0 Å². The molecule has 0 aliphatic carbocycles. The molecule has 0 radical (unpaired) electrons. The third-order valence-electron chi connectivity index (χ3n) is 2.59. The summed E-state index contributed by atoms with van der Waals surface area (Å²) in [5.74, 6) is -0.459. The van der Waals surface area contributed by atoms with Crippen LogP contribution in [-0.4, -0.2) is 5.11 Å². The lowest BCUT2D eigenvalue weighted by Crippen LogP contribution is -2.19. The number of rotatable bonds is 2. The predicted molar refractivity (Wildman–Crippen MR) is 90.1 cm³/mol. The lowest BCUT2D eigenvalue weighted by atomic mass is 10.2. The minimum Gasteiger partial charge on any atom is -0.332 e. The summed E-state index contributed by atoms with van der Waals surface area (Å²) in [5, 5.41) is 6.47. The van der Waals surface area contributed by atoms with Crippen molar-refractivity contribution in [1.29, 1.82) is 0 Å². The summed E-state index contributed by atoms with van der Waals surface area (Å²) >= 11 is 14.3. The number of benzene rings is 2. The first-order valence-electron chi connectivity index (χ1n) is 5.75. The molecular weight excluding hydrogens is 363 g/mol. The Morgan fingerprint density at radius 1 is 1.15 bits per heavy atom.